The zero-order chi connectivity index (χ0) is 10.8. The Morgan fingerprint density at radius 2 is 2.06 bits per heavy atom. The van der Waals surface area contributed by atoms with Crippen LogP contribution in [-0.4, -0.2) is 30.6 Å². The highest BCUT2D eigenvalue weighted by molar-refractivity contribution is 7.13. The lowest BCUT2D eigenvalue weighted by Gasteiger charge is -2.19. The lowest BCUT2D eigenvalue weighted by Crippen LogP contribution is -2.28. The lowest BCUT2D eigenvalue weighted by molar-refractivity contribution is 0.724. The van der Waals surface area contributed by atoms with Crippen LogP contribution in [0.2, 0.25) is 0 Å². The summed E-state index contributed by atoms with van der Waals surface area (Å²) in [5.74, 6) is 1.17. The Labute approximate surface area is 111 Å². The van der Waals surface area contributed by atoms with Crippen LogP contribution in [0.25, 0.3) is 10.1 Å². The Morgan fingerprint density at radius 1 is 1.18 bits per heavy atom. The van der Waals surface area contributed by atoms with Gasteiger partial charge >= 0.3 is 0 Å². The van der Waals surface area contributed by atoms with Gasteiger partial charge < -0.3 is 10.2 Å². The van der Waals surface area contributed by atoms with E-state index in [0.717, 1.165) is 26.2 Å². The Hall–Kier alpha value is -0.840. The molecule has 0 amide bonds. The van der Waals surface area contributed by atoms with E-state index in [4.69, 9.17) is 0 Å². The Kier molecular flexibility index (Phi) is 4.20. The molecule has 1 saturated heterocycles. The maximum atomic E-state index is 4.60. The summed E-state index contributed by atoms with van der Waals surface area (Å²) in [6, 6.07) is 8.49. The van der Waals surface area contributed by atoms with E-state index in [-0.39, 0.29) is 12.4 Å². The van der Waals surface area contributed by atoms with Crippen molar-refractivity contribution in [2.75, 3.05) is 31.1 Å². The molecule has 17 heavy (non-hydrogen) atoms. The fraction of sp³-hybridized carbons (Fsp3) is 0.417. The first-order valence-electron chi connectivity index (χ1n) is 5.75. The number of benzene rings is 1. The predicted molar refractivity (Wildman–Crippen MR) is 76.6 cm³/mol. The molecular formula is C12H16ClN3S. The van der Waals surface area contributed by atoms with E-state index < -0.39 is 0 Å². The fourth-order valence-electron chi connectivity index (χ4n) is 2.16. The summed E-state index contributed by atoms with van der Waals surface area (Å²) in [6.07, 6.45) is 1.20. The summed E-state index contributed by atoms with van der Waals surface area (Å²) in [4.78, 5) is 2.40. The van der Waals surface area contributed by atoms with Gasteiger partial charge in [-0.15, -0.1) is 12.4 Å². The molecule has 2 heterocycles. The average Bonchev–Trinajstić information content (AvgIpc) is 2.57. The largest absolute Gasteiger partial charge is 0.354 e. The summed E-state index contributed by atoms with van der Waals surface area (Å²) in [7, 11) is 0. The van der Waals surface area contributed by atoms with Crippen molar-refractivity contribution in [2.24, 2.45) is 0 Å². The summed E-state index contributed by atoms with van der Waals surface area (Å²) < 4.78 is 5.89. The summed E-state index contributed by atoms with van der Waals surface area (Å²) in [5.41, 5.74) is 0. The van der Waals surface area contributed by atoms with Crippen molar-refractivity contribution < 1.29 is 0 Å². The number of fused-ring (bicyclic) bond motifs is 1. The van der Waals surface area contributed by atoms with E-state index in [1.165, 1.54) is 22.3 Å². The molecule has 0 atom stereocenters. The van der Waals surface area contributed by atoms with Crippen LogP contribution in [0.3, 0.4) is 0 Å². The van der Waals surface area contributed by atoms with Crippen LogP contribution in [0.5, 0.6) is 0 Å². The van der Waals surface area contributed by atoms with Crippen molar-refractivity contribution in [3.8, 4) is 0 Å². The molecule has 1 aromatic heterocycles. The minimum absolute atomic E-state index is 0. The first-order valence-corrected chi connectivity index (χ1v) is 6.52. The quantitative estimate of drug-likeness (QED) is 0.862. The van der Waals surface area contributed by atoms with Crippen LogP contribution in [0.15, 0.2) is 24.3 Å². The van der Waals surface area contributed by atoms with E-state index >= 15 is 0 Å². The van der Waals surface area contributed by atoms with Crippen LogP contribution in [0.1, 0.15) is 6.42 Å². The van der Waals surface area contributed by atoms with Gasteiger partial charge in [0, 0.05) is 25.0 Å². The highest BCUT2D eigenvalue weighted by Crippen LogP contribution is 2.29. The Morgan fingerprint density at radius 3 is 3.00 bits per heavy atom. The Balaban J connectivity index is 0.00000108. The topological polar surface area (TPSA) is 28.2 Å². The maximum absolute atomic E-state index is 4.60. The normalized spacial score (nSPS) is 16.6. The second-order valence-corrected chi connectivity index (χ2v) is 4.90. The predicted octanol–water partition coefficient (Wildman–Crippen LogP) is 2.52. The van der Waals surface area contributed by atoms with Crippen molar-refractivity contribution in [3.05, 3.63) is 24.3 Å². The molecule has 0 unspecified atom stereocenters. The number of rotatable bonds is 1. The van der Waals surface area contributed by atoms with Crippen LogP contribution in [0, 0.1) is 0 Å². The van der Waals surface area contributed by atoms with E-state index in [1.54, 1.807) is 11.5 Å². The number of anilines is 1. The minimum atomic E-state index is 0. The van der Waals surface area contributed by atoms with Crippen molar-refractivity contribution in [1.82, 2.24) is 9.69 Å². The molecule has 1 aromatic carbocycles. The smallest absolute Gasteiger partial charge is 0.150 e. The van der Waals surface area contributed by atoms with Gasteiger partial charge in [0.2, 0.25) is 0 Å². The lowest BCUT2D eigenvalue weighted by atomic mass is 10.2. The van der Waals surface area contributed by atoms with Gasteiger partial charge in [-0.1, -0.05) is 12.1 Å². The number of hydrogen-bond acceptors (Lipinski definition) is 4. The first kappa shape index (κ1) is 12.6. The van der Waals surface area contributed by atoms with Gasteiger partial charge in [-0.3, -0.25) is 0 Å². The van der Waals surface area contributed by atoms with Crippen LogP contribution >= 0.6 is 23.9 Å². The summed E-state index contributed by atoms with van der Waals surface area (Å²) in [5, 5.41) is 4.72. The second-order valence-electron chi connectivity index (χ2n) is 4.09. The number of nitrogens with zero attached hydrogens (tertiary/aromatic N) is 2. The van der Waals surface area contributed by atoms with Gasteiger partial charge in [-0.05, 0) is 36.6 Å². The van der Waals surface area contributed by atoms with Crippen molar-refractivity contribution in [1.29, 1.82) is 0 Å². The molecule has 0 aliphatic carbocycles. The molecule has 0 saturated carbocycles. The molecular weight excluding hydrogens is 254 g/mol. The van der Waals surface area contributed by atoms with Gasteiger partial charge in [0.05, 0.1) is 4.70 Å². The van der Waals surface area contributed by atoms with Crippen molar-refractivity contribution >= 4 is 39.8 Å². The second kappa shape index (κ2) is 5.67. The zero-order valence-electron chi connectivity index (χ0n) is 9.56. The number of halogens is 1. The van der Waals surface area contributed by atoms with E-state index in [9.17, 15) is 0 Å². The Bertz CT molecular complexity index is 477. The molecule has 0 spiro atoms. The van der Waals surface area contributed by atoms with E-state index in [1.807, 2.05) is 0 Å². The highest BCUT2D eigenvalue weighted by Gasteiger charge is 2.14. The van der Waals surface area contributed by atoms with Crippen LogP contribution in [-0.2, 0) is 0 Å². The third-order valence-electron chi connectivity index (χ3n) is 3.00. The average molecular weight is 270 g/mol. The van der Waals surface area contributed by atoms with Gasteiger partial charge in [0.1, 0.15) is 5.82 Å². The molecule has 3 rings (SSSR count). The van der Waals surface area contributed by atoms with E-state index in [0.29, 0.717) is 0 Å². The molecule has 2 aromatic rings. The highest BCUT2D eigenvalue weighted by atomic mass is 35.5. The minimum Gasteiger partial charge on any atom is -0.354 e. The molecule has 1 aliphatic heterocycles. The molecule has 0 bridgehead atoms. The third-order valence-corrected chi connectivity index (χ3v) is 3.81. The van der Waals surface area contributed by atoms with Gasteiger partial charge in [-0.2, -0.15) is 4.37 Å². The van der Waals surface area contributed by atoms with Gasteiger partial charge in [0.15, 0.2) is 0 Å². The van der Waals surface area contributed by atoms with Crippen LogP contribution in [0.4, 0.5) is 5.82 Å². The fourth-order valence-corrected chi connectivity index (χ4v) is 2.95. The summed E-state index contributed by atoms with van der Waals surface area (Å²) in [6.45, 7) is 4.36. The molecule has 3 nitrogen and oxygen atoms in total. The molecule has 92 valence electrons. The standard InChI is InChI=1S/C12H15N3S.ClH/c1-2-5-11-10(4-1)12(14-16-11)15-8-3-6-13-7-9-15;/h1-2,4-5,13H,3,6-9H2;1H. The van der Waals surface area contributed by atoms with Gasteiger partial charge in [0.25, 0.3) is 0 Å². The number of hydrogen-bond donors (Lipinski definition) is 1. The van der Waals surface area contributed by atoms with E-state index in [2.05, 4.69) is 38.9 Å². The maximum Gasteiger partial charge on any atom is 0.150 e. The zero-order valence-corrected chi connectivity index (χ0v) is 11.2. The monoisotopic (exact) mass is 269 g/mol. The molecule has 1 N–H and O–H groups in total. The third kappa shape index (κ3) is 2.54. The van der Waals surface area contributed by atoms with Gasteiger partial charge in [-0.25, -0.2) is 0 Å². The van der Waals surface area contributed by atoms with Crippen molar-refractivity contribution in [2.45, 2.75) is 6.42 Å². The van der Waals surface area contributed by atoms with Crippen LogP contribution < -0.4 is 10.2 Å². The van der Waals surface area contributed by atoms with Crippen molar-refractivity contribution in [3.63, 3.8) is 0 Å². The number of nitrogens with one attached hydrogen (secondary N) is 1. The first-order chi connectivity index (χ1) is 7.95. The molecule has 0 radical (unpaired) electrons. The molecule has 1 fully saturated rings. The SMILES string of the molecule is Cl.c1ccc2c(N3CCCNCC3)nsc2c1. The molecule has 1 aliphatic rings. The molecule has 5 heteroatoms. The summed E-state index contributed by atoms with van der Waals surface area (Å²) >= 11 is 1.60. The number of aromatic nitrogens is 1.